The van der Waals surface area contributed by atoms with Gasteiger partial charge in [0.2, 0.25) is 11.8 Å². The highest BCUT2D eigenvalue weighted by atomic mass is 32.2. The molecule has 0 aliphatic rings. The van der Waals surface area contributed by atoms with Crippen LogP contribution in [0.2, 0.25) is 0 Å². The zero-order valence-electron chi connectivity index (χ0n) is 21.2. The first-order chi connectivity index (χ1) is 17.6. The van der Waals surface area contributed by atoms with Crippen LogP contribution in [-0.2, 0) is 26.2 Å². The van der Waals surface area contributed by atoms with Gasteiger partial charge in [0.1, 0.15) is 18.4 Å². The van der Waals surface area contributed by atoms with Crippen LogP contribution < -0.4 is 9.62 Å². The zero-order chi connectivity index (χ0) is 27.0. The standard InChI is InChI=1S/C28H32FN3O4S/c1-4-18-30-28(34)22(3)31(19-23-12-14-24(29)15-13-23)27(33)20-32(25-16-10-21(2)11-17-25)37(35,36)26-8-6-5-7-9-26/h5-17,22H,4,18-20H2,1-3H3,(H,30,34)/t22-/m1/s1. The van der Waals surface area contributed by atoms with Gasteiger partial charge in [-0.2, -0.15) is 0 Å². The molecule has 0 radical (unpaired) electrons. The Morgan fingerprint density at radius 3 is 2.16 bits per heavy atom. The molecular formula is C28H32FN3O4S. The Hall–Kier alpha value is -3.72. The smallest absolute Gasteiger partial charge is 0.264 e. The number of amides is 2. The van der Waals surface area contributed by atoms with Crippen LogP contribution in [0.25, 0.3) is 0 Å². The third kappa shape index (κ3) is 7.16. The summed E-state index contributed by atoms with van der Waals surface area (Å²) in [7, 11) is -4.10. The lowest BCUT2D eigenvalue weighted by Crippen LogP contribution is -2.51. The Kier molecular flexibility index (Phi) is 9.41. The monoisotopic (exact) mass is 525 g/mol. The first-order valence-corrected chi connectivity index (χ1v) is 13.5. The number of sulfonamides is 1. The second kappa shape index (κ2) is 12.5. The minimum Gasteiger partial charge on any atom is -0.354 e. The zero-order valence-corrected chi connectivity index (χ0v) is 22.0. The molecule has 0 heterocycles. The van der Waals surface area contributed by atoms with Crippen LogP contribution >= 0.6 is 0 Å². The van der Waals surface area contributed by atoms with Gasteiger partial charge in [0.25, 0.3) is 10.0 Å². The molecule has 3 aromatic carbocycles. The highest BCUT2D eigenvalue weighted by Crippen LogP contribution is 2.25. The van der Waals surface area contributed by atoms with Crippen molar-refractivity contribution in [2.24, 2.45) is 0 Å². The van der Waals surface area contributed by atoms with Crippen LogP contribution in [-0.4, -0.2) is 44.3 Å². The molecule has 0 bridgehead atoms. The molecule has 1 atom stereocenters. The Balaban J connectivity index is 1.99. The molecule has 0 aliphatic heterocycles. The van der Waals surface area contributed by atoms with Gasteiger partial charge in [-0.15, -0.1) is 0 Å². The third-order valence-corrected chi connectivity index (χ3v) is 7.70. The molecule has 0 unspecified atom stereocenters. The first kappa shape index (κ1) is 27.9. The lowest BCUT2D eigenvalue weighted by Gasteiger charge is -2.32. The number of hydrogen-bond acceptors (Lipinski definition) is 4. The third-order valence-electron chi connectivity index (χ3n) is 5.91. The van der Waals surface area contributed by atoms with Crippen molar-refractivity contribution in [3.05, 3.63) is 95.8 Å². The average molecular weight is 526 g/mol. The van der Waals surface area contributed by atoms with Crippen molar-refractivity contribution in [3.63, 3.8) is 0 Å². The van der Waals surface area contributed by atoms with E-state index in [-0.39, 0.29) is 17.3 Å². The fourth-order valence-electron chi connectivity index (χ4n) is 3.72. The summed E-state index contributed by atoms with van der Waals surface area (Å²) < 4.78 is 41.8. The molecule has 0 saturated carbocycles. The van der Waals surface area contributed by atoms with E-state index in [1.807, 2.05) is 13.8 Å². The summed E-state index contributed by atoms with van der Waals surface area (Å²) in [6, 6.07) is 19.4. The number of anilines is 1. The number of hydrogen-bond donors (Lipinski definition) is 1. The average Bonchev–Trinajstić information content (AvgIpc) is 2.90. The van der Waals surface area contributed by atoms with Gasteiger partial charge in [-0.05, 0) is 62.2 Å². The molecule has 0 aliphatic carbocycles. The topological polar surface area (TPSA) is 86.8 Å². The van der Waals surface area contributed by atoms with E-state index >= 15 is 0 Å². The van der Waals surface area contributed by atoms with Crippen molar-refractivity contribution in [3.8, 4) is 0 Å². The van der Waals surface area contributed by atoms with Crippen molar-refractivity contribution in [1.82, 2.24) is 10.2 Å². The Morgan fingerprint density at radius 1 is 0.946 bits per heavy atom. The molecule has 3 aromatic rings. The van der Waals surface area contributed by atoms with E-state index in [0.717, 1.165) is 16.3 Å². The predicted octanol–water partition coefficient (Wildman–Crippen LogP) is 4.27. The van der Waals surface area contributed by atoms with Crippen LogP contribution in [0.5, 0.6) is 0 Å². The lowest BCUT2D eigenvalue weighted by molar-refractivity contribution is -0.139. The van der Waals surface area contributed by atoms with E-state index in [0.29, 0.717) is 17.8 Å². The fourth-order valence-corrected chi connectivity index (χ4v) is 5.16. The lowest BCUT2D eigenvalue weighted by atomic mass is 10.1. The summed E-state index contributed by atoms with van der Waals surface area (Å²) in [4.78, 5) is 27.9. The van der Waals surface area contributed by atoms with E-state index in [9.17, 15) is 22.4 Å². The number of carbonyl (C=O) groups is 2. The Morgan fingerprint density at radius 2 is 1.57 bits per heavy atom. The second-order valence-electron chi connectivity index (χ2n) is 8.78. The van der Waals surface area contributed by atoms with E-state index in [4.69, 9.17) is 0 Å². The van der Waals surface area contributed by atoms with Crippen molar-refractivity contribution in [2.45, 2.75) is 44.7 Å². The number of nitrogens with zero attached hydrogens (tertiary/aromatic N) is 2. The predicted molar refractivity (Wildman–Crippen MR) is 142 cm³/mol. The largest absolute Gasteiger partial charge is 0.354 e. The molecule has 9 heteroatoms. The normalized spacial score (nSPS) is 12.0. The fraction of sp³-hybridized carbons (Fsp3) is 0.286. The second-order valence-corrected chi connectivity index (χ2v) is 10.6. The number of rotatable bonds is 11. The highest BCUT2D eigenvalue weighted by Gasteiger charge is 2.32. The van der Waals surface area contributed by atoms with Crippen LogP contribution in [0.1, 0.15) is 31.4 Å². The summed E-state index contributed by atoms with van der Waals surface area (Å²) in [5.41, 5.74) is 1.87. The number of halogens is 1. The number of aryl methyl sites for hydroxylation is 1. The van der Waals surface area contributed by atoms with Crippen LogP contribution in [0, 0.1) is 12.7 Å². The SMILES string of the molecule is CCCNC(=O)[C@@H](C)N(Cc1ccc(F)cc1)C(=O)CN(c1ccc(C)cc1)S(=O)(=O)c1ccccc1. The summed E-state index contributed by atoms with van der Waals surface area (Å²) in [5, 5.41) is 2.78. The van der Waals surface area contributed by atoms with Gasteiger partial charge >= 0.3 is 0 Å². The van der Waals surface area contributed by atoms with Gasteiger partial charge in [0, 0.05) is 13.1 Å². The minimum absolute atomic E-state index is 0.00689. The van der Waals surface area contributed by atoms with E-state index in [1.54, 1.807) is 49.4 Å². The van der Waals surface area contributed by atoms with Crippen LogP contribution in [0.15, 0.2) is 83.8 Å². The molecular weight excluding hydrogens is 493 g/mol. The molecule has 7 nitrogen and oxygen atoms in total. The van der Waals surface area contributed by atoms with Gasteiger partial charge in [-0.1, -0.05) is 55.0 Å². The maximum absolute atomic E-state index is 13.7. The summed E-state index contributed by atoms with van der Waals surface area (Å²) in [5.74, 6) is -1.34. The molecule has 2 amide bonds. The summed E-state index contributed by atoms with van der Waals surface area (Å²) in [6.07, 6.45) is 0.723. The van der Waals surface area contributed by atoms with Crippen molar-refractivity contribution >= 4 is 27.5 Å². The van der Waals surface area contributed by atoms with Crippen molar-refractivity contribution in [1.29, 1.82) is 0 Å². The van der Waals surface area contributed by atoms with Crippen molar-refractivity contribution in [2.75, 3.05) is 17.4 Å². The quantitative estimate of drug-likeness (QED) is 0.405. The Labute approximate surface area is 218 Å². The van der Waals surface area contributed by atoms with E-state index in [1.165, 1.54) is 41.3 Å². The van der Waals surface area contributed by atoms with Crippen LogP contribution in [0.4, 0.5) is 10.1 Å². The number of carbonyl (C=O) groups excluding carboxylic acids is 2. The number of benzene rings is 3. The molecule has 37 heavy (non-hydrogen) atoms. The molecule has 0 aromatic heterocycles. The minimum atomic E-state index is -4.10. The summed E-state index contributed by atoms with van der Waals surface area (Å²) in [6.45, 7) is 5.32. The molecule has 1 N–H and O–H groups in total. The van der Waals surface area contributed by atoms with E-state index < -0.39 is 34.3 Å². The first-order valence-electron chi connectivity index (χ1n) is 12.1. The van der Waals surface area contributed by atoms with Gasteiger partial charge in [0.05, 0.1) is 10.6 Å². The molecule has 196 valence electrons. The maximum Gasteiger partial charge on any atom is 0.264 e. The molecule has 0 spiro atoms. The van der Waals surface area contributed by atoms with Crippen molar-refractivity contribution < 1.29 is 22.4 Å². The van der Waals surface area contributed by atoms with Gasteiger partial charge in [-0.3, -0.25) is 13.9 Å². The molecule has 0 saturated heterocycles. The Bertz CT molecular complexity index is 1300. The summed E-state index contributed by atoms with van der Waals surface area (Å²) >= 11 is 0. The van der Waals surface area contributed by atoms with Crippen LogP contribution in [0.3, 0.4) is 0 Å². The van der Waals surface area contributed by atoms with Gasteiger partial charge in [0.15, 0.2) is 0 Å². The maximum atomic E-state index is 13.7. The highest BCUT2D eigenvalue weighted by molar-refractivity contribution is 7.92. The molecule has 0 fully saturated rings. The van der Waals surface area contributed by atoms with Gasteiger partial charge < -0.3 is 10.2 Å². The van der Waals surface area contributed by atoms with E-state index in [2.05, 4.69) is 5.32 Å². The number of nitrogens with one attached hydrogen (secondary N) is 1. The van der Waals surface area contributed by atoms with Gasteiger partial charge in [-0.25, -0.2) is 12.8 Å². The molecule has 3 rings (SSSR count).